The van der Waals surface area contributed by atoms with Crippen molar-refractivity contribution in [1.29, 1.82) is 0 Å². The molecule has 0 bridgehead atoms. The fourth-order valence-corrected chi connectivity index (χ4v) is 1.38. The smallest absolute Gasteiger partial charge is 0.274 e. The van der Waals surface area contributed by atoms with Crippen LogP contribution in [0.5, 0.6) is 0 Å². The molecule has 0 spiro atoms. The lowest BCUT2D eigenvalue weighted by Crippen LogP contribution is -2.30. The quantitative estimate of drug-likeness (QED) is 0.567. The Bertz CT molecular complexity index is 406. The molecule has 16 heavy (non-hydrogen) atoms. The summed E-state index contributed by atoms with van der Waals surface area (Å²) in [6, 6.07) is 6.09. The van der Waals surface area contributed by atoms with E-state index in [1.807, 2.05) is 0 Å². The molecule has 0 heterocycles. The van der Waals surface area contributed by atoms with E-state index in [4.69, 9.17) is 5.73 Å². The summed E-state index contributed by atoms with van der Waals surface area (Å²) in [5.74, 6) is -0.495. The number of rotatable bonds is 5. The SMILES string of the molecule is CC(NCC(N)=O)c1ccccc1[N+](=O)[O-]. The van der Waals surface area contributed by atoms with Gasteiger partial charge in [-0.25, -0.2) is 0 Å². The predicted octanol–water partition coefficient (Wildman–Crippen LogP) is 0.731. The second-order valence-electron chi connectivity index (χ2n) is 3.38. The molecule has 0 saturated carbocycles. The largest absolute Gasteiger partial charge is 0.369 e. The van der Waals surface area contributed by atoms with Gasteiger partial charge in [0.05, 0.1) is 11.5 Å². The summed E-state index contributed by atoms with van der Waals surface area (Å²) in [5.41, 5.74) is 5.55. The first kappa shape index (κ1) is 12.1. The molecule has 0 aromatic heterocycles. The second-order valence-corrected chi connectivity index (χ2v) is 3.38. The zero-order valence-electron chi connectivity index (χ0n) is 8.84. The van der Waals surface area contributed by atoms with E-state index in [-0.39, 0.29) is 18.3 Å². The number of nitro groups is 1. The van der Waals surface area contributed by atoms with E-state index in [1.54, 1.807) is 25.1 Å². The Hall–Kier alpha value is -1.95. The van der Waals surface area contributed by atoms with Crippen LogP contribution in [0.25, 0.3) is 0 Å². The van der Waals surface area contributed by atoms with E-state index in [1.165, 1.54) is 6.07 Å². The lowest BCUT2D eigenvalue weighted by molar-refractivity contribution is -0.385. The van der Waals surface area contributed by atoms with E-state index in [2.05, 4.69) is 5.32 Å². The monoisotopic (exact) mass is 223 g/mol. The summed E-state index contributed by atoms with van der Waals surface area (Å²) in [5, 5.41) is 13.6. The van der Waals surface area contributed by atoms with E-state index in [9.17, 15) is 14.9 Å². The first-order chi connectivity index (χ1) is 7.52. The van der Waals surface area contributed by atoms with Crippen molar-refractivity contribution in [3.8, 4) is 0 Å². The molecule has 0 aliphatic rings. The molecular weight excluding hydrogens is 210 g/mol. The molecule has 1 unspecified atom stereocenters. The molecule has 0 radical (unpaired) electrons. The van der Waals surface area contributed by atoms with Crippen molar-refractivity contribution >= 4 is 11.6 Å². The van der Waals surface area contributed by atoms with Gasteiger partial charge in [0.1, 0.15) is 0 Å². The molecule has 0 aliphatic heterocycles. The zero-order valence-corrected chi connectivity index (χ0v) is 8.84. The summed E-state index contributed by atoms with van der Waals surface area (Å²) in [4.78, 5) is 20.9. The Morgan fingerprint density at radius 1 is 1.56 bits per heavy atom. The lowest BCUT2D eigenvalue weighted by Gasteiger charge is -2.12. The number of carbonyl (C=O) groups excluding carboxylic acids is 1. The number of benzene rings is 1. The molecule has 1 amide bonds. The van der Waals surface area contributed by atoms with Gasteiger partial charge >= 0.3 is 0 Å². The molecule has 0 aliphatic carbocycles. The normalized spacial score (nSPS) is 12.1. The number of amides is 1. The topological polar surface area (TPSA) is 98.3 Å². The third kappa shape index (κ3) is 3.03. The molecule has 6 heteroatoms. The first-order valence-corrected chi connectivity index (χ1v) is 4.77. The number of primary amides is 1. The van der Waals surface area contributed by atoms with Crippen LogP contribution >= 0.6 is 0 Å². The van der Waals surface area contributed by atoms with Crippen LogP contribution in [0.2, 0.25) is 0 Å². The third-order valence-corrected chi connectivity index (χ3v) is 2.18. The highest BCUT2D eigenvalue weighted by atomic mass is 16.6. The number of hydrogen-bond acceptors (Lipinski definition) is 4. The zero-order chi connectivity index (χ0) is 12.1. The highest BCUT2D eigenvalue weighted by Crippen LogP contribution is 2.23. The average Bonchev–Trinajstić information content (AvgIpc) is 2.25. The van der Waals surface area contributed by atoms with Crippen molar-refractivity contribution in [2.24, 2.45) is 5.73 Å². The minimum absolute atomic E-state index is 0.00673. The van der Waals surface area contributed by atoms with Crippen LogP contribution < -0.4 is 11.1 Å². The lowest BCUT2D eigenvalue weighted by atomic mass is 10.1. The average molecular weight is 223 g/mol. The van der Waals surface area contributed by atoms with Crippen molar-refractivity contribution in [3.63, 3.8) is 0 Å². The van der Waals surface area contributed by atoms with Crippen molar-refractivity contribution in [2.75, 3.05) is 6.54 Å². The maximum Gasteiger partial charge on any atom is 0.274 e. The van der Waals surface area contributed by atoms with Crippen LogP contribution in [0.3, 0.4) is 0 Å². The van der Waals surface area contributed by atoms with Crippen LogP contribution in [0, 0.1) is 10.1 Å². The molecule has 1 aromatic carbocycles. The molecule has 0 saturated heterocycles. The van der Waals surface area contributed by atoms with Gasteiger partial charge in [0, 0.05) is 17.7 Å². The summed E-state index contributed by atoms with van der Waals surface area (Å²) in [7, 11) is 0. The van der Waals surface area contributed by atoms with E-state index in [0.29, 0.717) is 5.56 Å². The first-order valence-electron chi connectivity index (χ1n) is 4.77. The van der Waals surface area contributed by atoms with Gasteiger partial charge in [-0.05, 0) is 6.92 Å². The second kappa shape index (κ2) is 5.22. The number of nitrogens with one attached hydrogen (secondary N) is 1. The number of nitrogens with zero attached hydrogens (tertiary/aromatic N) is 1. The maximum absolute atomic E-state index is 10.8. The Labute approximate surface area is 92.6 Å². The van der Waals surface area contributed by atoms with Crippen LogP contribution in [-0.4, -0.2) is 17.4 Å². The maximum atomic E-state index is 10.8. The minimum atomic E-state index is -0.495. The molecular formula is C10H13N3O3. The Morgan fingerprint density at radius 3 is 2.75 bits per heavy atom. The molecule has 6 nitrogen and oxygen atoms in total. The summed E-state index contributed by atoms with van der Waals surface area (Å²) in [6.07, 6.45) is 0. The van der Waals surface area contributed by atoms with Gasteiger partial charge in [-0.3, -0.25) is 14.9 Å². The molecule has 3 N–H and O–H groups in total. The van der Waals surface area contributed by atoms with Gasteiger partial charge in [-0.1, -0.05) is 18.2 Å². The standard InChI is InChI=1S/C10H13N3O3/c1-7(12-6-10(11)14)8-4-2-3-5-9(8)13(15)16/h2-5,7,12H,6H2,1H3,(H2,11,14). The number of hydrogen-bond donors (Lipinski definition) is 2. The van der Waals surface area contributed by atoms with Crippen LogP contribution in [0.15, 0.2) is 24.3 Å². The van der Waals surface area contributed by atoms with Crippen molar-refractivity contribution in [3.05, 3.63) is 39.9 Å². The third-order valence-electron chi connectivity index (χ3n) is 2.18. The molecule has 1 rings (SSSR count). The number of para-hydroxylation sites is 1. The fraction of sp³-hybridized carbons (Fsp3) is 0.300. The molecule has 86 valence electrons. The summed E-state index contributed by atoms with van der Waals surface area (Å²) in [6.45, 7) is 1.73. The molecule has 1 atom stereocenters. The highest BCUT2D eigenvalue weighted by Gasteiger charge is 2.17. The summed E-state index contributed by atoms with van der Waals surface area (Å²) >= 11 is 0. The van der Waals surface area contributed by atoms with Crippen molar-refractivity contribution in [1.82, 2.24) is 5.32 Å². The Balaban J connectivity index is 2.85. The minimum Gasteiger partial charge on any atom is -0.369 e. The van der Waals surface area contributed by atoms with E-state index < -0.39 is 10.8 Å². The van der Waals surface area contributed by atoms with Crippen LogP contribution in [-0.2, 0) is 4.79 Å². The number of nitrogens with two attached hydrogens (primary N) is 1. The van der Waals surface area contributed by atoms with Crippen LogP contribution in [0.4, 0.5) is 5.69 Å². The molecule has 1 aromatic rings. The highest BCUT2D eigenvalue weighted by molar-refractivity contribution is 5.75. The Kier molecular flexibility index (Phi) is 3.96. The van der Waals surface area contributed by atoms with Gasteiger partial charge < -0.3 is 11.1 Å². The molecule has 0 fully saturated rings. The predicted molar refractivity (Wildman–Crippen MR) is 58.7 cm³/mol. The van der Waals surface area contributed by atoms with Crippen molar-refractivity contribution < 1.29 is 9.72 Å². The van der Waals surface area contributed by atoms with E-state index >= 15 is 0 Å². The fourth-order valence-electron chi connectivity index (χ4n) is 1.38. The van der Waals surface area contributed by atoms with E-state index in [0.717, 1.165) is 0 Å². The summed E-state index contributed by atoms with van der Waals surface area (Å²) < 4.78 is 0. The Morgan fingerprint density at radius 2 is 2.19 bits per heavy atom. The van der Waals surface area contributed by atoms with Gasteiger partial charge in [0.25, 0.3) is 5.69 Å². The van der Waals surface area contributed by atoms with Gasteiger partial charge in [0.2, 0.25) is 5.91 Å². The van der Waals surface area contributed by atoms with Crippen LogP contribution in [0.1, 0.15) is 18.5 Å². The van der Waals surface area contributed by atoms with Gasteiger partial charge in [0.15, 0.2) is 0 Å². The number of carbonyl (C=O) groups is 1. The van der Waals surface area contributed by atoms with Crippen molar-refractivity contribution in [2.45, 2.75) is 13.0 Å². The van der Waals surface area contributed by atoms with Gasteiger partial charge in [-0.15, -0.1) is 0 Å². The number of nitro benzene ring substituents is 1. The van der Waals surface area contributed by atoms with Gasteiger partial charge in [-0.2, -0.15) is 0 Å².